The number of rotatable bonds is 16. The molecule has 1 aromatic carbocycles. The van der Waals surface area contributed by atoms with Crippen molar-refractivity contribution in [3.8, 4) is 5.75 Å². The molecule has 0 unspecified atom stereocenters. The fourth-order valence-corrected chi connectivity index (χ4v) is 4.15. The molecule has 13 nitrogen and oxygen atoms in total. The summed E-state index contributed by atoms with van der Waals surface area (Å²) < 4.78 is 16.9. The first kappa shape index (κ1) is 41.3. The van der Waals surface area contributed by atoms with Crippen molar-refractivity contribution in [2.24, 2.45) is 11.7 Å². The van der Waals surface area contributed by atoms with Crippen molar-refractivity contribution in [3.05, 3.63) is 29.8 Å². The van der Waals surface area contributed by atoms with Gasteiger partial charge in [0.2, 0.25) is 17.7 Å². The molecule has 0 bridgehead atoms. The maximum atomic E-state index is 13.8. The van der Waals surface area contributed by atoms with Gasteiger partial charge in [-0.1, -0.05) is 32.4 Å². The predicted molar refractivity (Wildman–Crippen MR) is 178 cm³/mol. The van der Waals surface area contributed by atoms with Gasteiger partial charge in [0.15, 0.2) is 0 Å². The van der Waals surface area contributed by atoms with Crippen LogP contribution in [-0.2, 0) is 39.9 Å². The number of carboxylic acid groups (broad SMARTS) is 1. The Kier molecular flexibility index (Phi) is 15.3. The summed E-state index contributed by atoms with van der Waals surface area (Å²) >= 11 is 0. The van der Waals surface area contributed by atoms with E-state index < -0.39 is 77.1 Å². The van der Waals surface area contributed by atoms with Gasteiger partial charge in [0.25, 0.3) is 0 Å². The number of nitrogens with one attached hydrogen (secondary N) is 3. The maximum Gasteiger partial charge on any atom is 0.326 e. The lowest BCUT2D eigenvalue weighted by Gasteiger charge is -2.29. The van der Waals surface area contributed by atoms with Gasteiger partial charge in [-0.15, -0.1) is 0 Å². The molecule has 0 saturated heterocycles. The molecule has 3 amide bonds. The third kappa shape index (κ3) is 16.6. The third-order valence-electron chi connectivity index (χ3n) is 6.66. The number of carbonyl (C=O) groups excluding carboxylic acids is 4. The molecule has 47 heavy (non-hydrogen) atoms. The molecule has 0 aliphatic rings. The summed E-state index contributed by atoms with van der Waals surface area (Å²) in [6, 6.07) is 1.89. The Morgan fingerprint density at radius 3 is 1.79 bits per heavy atom. The van der Waals surface area contributed by atoms with Crippen LogP contribution in [0.5, 0.6) is 5.75 Å². The normalized spacial score (nSPS) is 15.3. The fraction of sp³-hybridized carbons (Fsp3) is 0.676. The number of carbonyl (C=O) groups is 5. The second-order valence-electron chi connectivity index (χ2n) is 14.7. The van der Waals surface area contributed by atoms with Crippen LogP contribution in [0.3, 0.4) is 0 Å². The molecule has 13 heteroatoms. The topological polar surface area (TPSA) is 195 Å². The Hall–Kier alpha value is -3.71. The van der Waals surface area contributed by atoms with Gasteiger partial charge < -0.3 is 41.0 Å². The van der Waals surface area contributed by atoms with Crippen molar-refractivity contribution >= 4 is 29.7 Å². The minimum atomic E-state index is -1.32. The number of carboxylic acids is 1. The van der Waals surface area contributed by atoms with E-state index in [2.05, 4.69) is 16.0 Å². The van der Waals surface area contributed by atoms with Crippen molar-refractivity contribution in [2.75, 3.05) is 6.61 Å². The highest BCUT2D eigenvalue weighted by Gasteiger charge is 2.33. The van der Waals surface area contributed by atoms with Gasteiger partial charge in [-0.3, -0.25) is 19.2 Å². The number of hydrogen-bond donors (Lipinski definition) is 5. The number of hydrogen-bond acceptors (Lipinski definition) is 9. The quantitative estimate of drug-likeness (QED) is 0.164. The first-order valence-corrected chi connectivity index (χ1v) is 15.9. The summed E-state index contributed by atoms with van der Waals surface area (Å²) in [6.07, 6.45) is 0.0581. The molecule has 0 heterocycles. The van der Waals surface area contributed by atoms with Crippen LogP contribution in [-0.4, -0.2) is 82.3 Å². The van der Waals surface area contributed by atoms with E-state index in [0.29, 0.717) is 17.7 Å². The monoisotopic (exact) mass is 664 g/mol. The molecule has 1 rings (SSSR count). The highest BCUT2D eigenvalue weighted by molar-refractivity contribution is 5.95. The standard InChI is InChI=1S/C34H56N4O9/c1-12-20(2)27(31(43)44)38-30(42)25(19-45-32(3,4)5)37-29(41)24(17-21-13-15-22(16-14-21)46-33(6,7)8)36-28(40)23(35)18-26(39)47-34(9,10)11/h13-16,20,23-25,27H,12,17-19,35H2,1-11H3,(H,36,40)(H,37,41)(H,38,42)(H,43,44)/t20-,23-,24-,25-,27-/m0/s1. The molecular weight excluding hydrogens is 608 g/mol. The van der Waals surface area contributed by atoms with Crippen LogP contribution in [0.1, 0.15) is 94.6 Å². The fourth-order valence-electron chi connectivity index (χ4n) is 4.15. The molecule has 266 valence electrons. The average molecular weight is 665 g/mol. The molecule has 5 atom stereocenters. The predicted octanol–water partition coefficient (Wildman–Crippen LogP) is 2.87. The maximum absolute atomic E-state index is 13.8. The molecular formula is C34H56N4O9. The van der Waals surface area contributed by atoms with Crippen LogP contribution in [0.15, 0.2) is 24.3 Å². The largest absolute Gasteiger partial charge is 0.488 e. The SMILES string of the molecule is CC[C@H](C)[C@H](NC(=O)[C@H](COC(C)(C)C)NC(=O)[C@H](Cc1ccc(OC(C)(C)C)cc1)NC(=O)[C@@H](N)CC(=O)OC(C)(C)C)C(=O)O. The van der Waals surface area contributed by atoms with E-state index >= 15 is 0 Å². The Labute approximate surface area is 279 Å². The summed E-state index contributed by atoms with van der Waals surface area (Å²) in [5, 5.41) is 17.5. The lowest BCUT2D eigenvalue weighted by Crippen LogP contribution is -2.59. The van der Waals surface area contributed by atoms with Crippen LogP contribution < -0.4 is 26.4 Å². The van der Waals surface area contributed by atoms with E-state index in [-0.39, 0.29) is 18.9 Å². The summed E-state index contributed by atoms with van der Waals surface area (Å²) in [5.41, 5.74) is 4.78. The Bertz CT molecular complexity index is 1210. The van der Waals surface area contributed by atoms with Crippen molar-refractivity contribution < 1.29 is 43.3 Å². The third-order valence-corrected chi connectivity index (χ3v) is 6.66. The van der Waals surface area contributed by atoms with Gasteiger partial charge in [0.1, 0.15) is 35.1 Å². The van der Waals surface area contributed by atoms with E-state index in [1.54, 1.807) is 79.7 Å². The van der Waals surface area contributed by atoms with Crippen LogP contribution in [0, 0.1) is 5.92 Å². The highest BCUT2D eigenvalue weighted by Crippen LogP contribution is 2.19. The number of amides is 3. The van der Waals surface area contributed by atoms with Gasteiger partial charge in [-0.05, 0) is 85.9 Å². The molecule has 0 aliphatic carbocycles. The number of benzene rings is 1. The number of nitrogens with two attached hydrogens (primary N) is 1. The van der Waals surface area contributed by atoms with Gasteiger partial charge in [-0.2, -0.15) is 0 Å². The second-order valence-corrected chi connectivity index (χ2v) is 14.7. The molecule has 0 spiro atoms. The first-order valence-electron chi connectivity index (χ1n) is 15.9. The molecule has 6 N–H and O–H groups in total. The number of ether oxygens (including phenoxy) is 3. The Morgan fingerprint density at radius 1 is 0.787 bits per heavy atom. The highest BCUT2D eigenvalue weighted by atomic mass is 16.6. The summed E-state index contributed by atoms with van der Waals surface area (Å²) in [6.45, 7) is 19.3. The van der Waals surface area contributed by atoms with Crippen molar-refractivity contribution in [1.82, 2.24) is 16.0 Å². The molecule has 0 aromatic heterocycles. The lowest BCUT2D eigenvalue weighted by molar-refractivity contribution is -0.156. The smallest absolute Gasteiger partial charge is 0.326 e. The Balaban J connectivity index is 3.34. The van der Waals surface area contributed by atoms with E-state index in [1.807, 2.05) is 20.8 Å². The second kappa shape index (κ2) is 17.4. The first-order chi connectivity index (χ1) is 21.4. The van der Waals surface area contributed by atoms with Crippen LogP contribution in [0.25, 0.3) is 0 Å². The molecule has 0 saturated carbocycles. The zero-order valence-corrected chi connectivity index (χ0v) is 29.8. The van der Waals surface area contributed by atoms with Gasteiger partial charge >= 0.3 is 11.9 Å². The summed E-state index contributed by atoms with van der Waals surface area (Å²) in [7, 11) is 0. The molecule has 0 aliphatic heterocycles. The van der Waals surface area contributed by atoms with E-state index in [4.69, 9.17) is 19.9 Å². The van der Waals surface area contributed by atoms with Crippen molar-refractivity contribution in [1.29, 1.82) is 0 Å². The lowest BCUT2D eigenvalue weighted by atomic mass is 9.99. The Morgan fingerprint density at radius 2 is 1.32 bits per heavy atom. The van der Waals surface area contributed by atoms with Crippen LogP contribution in [0.4, 0.5) is 0 Å². The number of aliphatic carboxylic acids is 1. The molecule has 0 fully saturated rings. The van der Waals surface area contributed by atoms with Crippen LogP contribution in [0.2, 0.25) is 0 Å². The van der Waals surface area contributed by atoms with Gasteiger partial charge in [-0.25, -0.2) is 4.79 Å². The summed E-state index contributed by atoms with van der Waals surface area (Å²) in [5.74, 6) is -3.95. The van der Waals surface area contributed by atoms with Gasteiger partial charge in [0, 0.05) is 6.42 Å². The minimum Gasteiger partial charge on any atom is -0.488 e. The average Bonchev–Trinajstić information content (AvgIpc) is 2.91. The number of esters is 1. The van der Waals surface area contributed by atoms with E-state index in [0.717, 1.165) is 0 Å². The van der Waals surface area contributed by atoms with Gasteiger partial charge in [0.05, 0.1) is 24.7 Å². The summed E-state index contributed by atoms with van der Waals surface area (Å²) in [4.78, 5) is 64.6. The minimum absolute atomic E-state index is 0.00832. The molecule has 0 radical (unpaired) electrons. The molecule has 1 aromatic rings. The zero-order valence-electron chi connectivity index (χ0n) is 29.8. The van der Waals surface area contributed by atoms with E-state index in [9.17, 15) is 29.1 Å². The van der Waals surface area contributed by atoms with Crippen molar-refractivity contribution in [2.45, 2.75) is 136 Å². The van der Waals surface area contributed by atoms with Crippen LogP contribution >= 0.6 is 0 Å². The zero-order chi connectivity index (χ0) is 36.3. The van der Waals surface area contributed by atoms with Crippen molar-refractivity contribution in [3.63, 3.8) is 0 Å². The van der Waals surface area contributed by atoms with E-state index in [1.165, 1.54) is 0 Å².